The van der Waals surface area contributed by atoms with Crippen molar-refractivity contribution in [2.24, 2.45) is 0 Å². The summed E-state index contributed by atoms with van der Waals surface area (Å²) in [5.41, 5.74) is 0. The quantitative estimate of drug-likeness (QED) is 0.163. The van der Waals surface area contributed by atoms with Gasteiger partial charge in [0.05, 0.1) is 0 Å². The van der Waals surface area contributed by atoms with Gasteiger partial charge in [0.2, 0.25) is 6.04 Å². The standard InChI is InChI=1S/C22H34NO4/c1-2-3-4-5-6-7-8-9-10-11-12-13-14-15-16-18-21(23(26)27)22(25)19-17-20-24/h6-7,9-10,12-13,15-16,21-22,25H,2-5,8,11,14,17-19H2,1H3/b7-6-,10-9-,13-12-,16-15-. The van der Waals surface area contributed by atoms with Crippen molar-refractivity contribution in [1.82, 2.24) is 0 Å². The molecule has 0 amide bonds. The second-order valence-corrected chi connectivity index (χ2v) is 6.43. The SMILES string of the molecule is CCCCC/C=C\C/C=C\C/C=C\C/C=C\CC(C(O)CC[C]=O)[N+](=O)[O-]. The lowest BCUT2D eigenvalue weighted by molar-refractivity contribution is -0.533. The number of carbonyl (C=O) groups excluding carboxylic acids is 1. The molecule has 0 saturated carbocycles. The van der Waals surface area contributed by atoms with Gasteiger partial charge in [0, 0.05) is 17.8 Å². The van der Waals surface area contributed by atoms with Gasteiger partial charge in [-0.25, -0.2) is 0 Å². The molecule has 0 aromatic rings. The van der Waals surface area contributed by atoms with E-state index in [2.05, 4.69) is 37.3 Å². The lowest BCUT2D eigenvalue weighted by atomic mass is 10.0. The van der Waals surface area contributed by atoms with E-state index in [-0.39, 0.29) is 19.3 Å². The van der Waals surface area contributed by atoms with Gasteiger partial charge in [-0.05, 0) is 38.5 Å². The van der Waals surface area contributed by atoms with Gasteiger partial charge >= 0.3 is 0 Å². The van der Waals surface area contributed by atoms with E-state index in [1.165, 1.54) is 19.3 Å². The van der Waals surface area contributed by atoms with E-state index in [0.717, 1.165) is 19.3 Å². The van der Waals surface area contributed by atoms with Crippen molar-refractivity contribution >= 4 is 6.29 Å². The number of hydrogen-bond donors (Lipinski definition) is 1. The van der Waals surface area contributed by atoms with Crippen molar-refractivity contribution in [2.45, 2.75) is 83.3 Å². The van der Waals surface area contributed by atoms with E-state index < -0.39 is 17.1 Å². The molecule has 1 N–H and O–H groups in total. The summed E-state index contributed by atoms with van der Waals surface area (Å²) >= 11 is 0. The van der Waals surface area contributed by atoms with Crippen molar-refractivity contribution in [1.29, 1.82) is 0 Å². The highest BCUT2D eigenvalue weighted by Crippen LogP contribution is 2.10. The van der Waals surface area contributed by atoms with Crippen LogP contribution in [-0.2, 0) is 4.79 Å². The first-order chi connectivity index (χ1) is 13.1. The molecule has 0 aliphatic rings. The molecule has 0 bridgehead atoms. The highest BCUT2D eigenvalue weighted by molar-refractivity contribution is 5.50. The lowest BCUT2D eigenvalue weighted by Gasteiger charge is -2.13. The Hall–Kier alpha value is -2.01. The summed E-state index contributed by atoms with van der Waals surface area (Å²) in [5.74, 6) is 0. The number of allylic oxidation sites excluding steroid dienone is 7. The molecule has 2 unspecified atom stereocenters. The summed E-state index contributed by atoms with van der Waals surface area (Å²) in [6.45, 7) is 2.21. The maximum absolute atomic E-state index is 11.0. The highest BCUT2D eigenvalue weighted by Gasteiger charge is 2.27. The van der Waals surface area contributed by atoms with Gasteiger partial charge in [-0.2, -0.15) is 0 Å². The fourth-order valence-electron chi connectivity index (χ4n) is 2.46. The van der Waals surface area contributed by atoms with Crippen LogP contribution >= 0.6 is 0 Å². The van der Waals surface area contributed by atoms with Crippen LogP contribution in [0.2, 0.25) is 0 Å². The van der Waals surface area contributed by atoms with Gasteiger partial charge in [0.25, 0.3) is 0 Å². The van der Waals surface area contributed by atoms with E-state index in [4.69, 9.17) is 0 Å². The molecule has 0 rings (SSSR count). The van der Waals surface area contributed by atoms with Crippen LogP contribution in [0.5, 0.6) is 0 Å². The zero-order valence-corrected chi connectivity index (χ0v) is 16.5. The second kappa shape index (κ2) is 18.8. The molecule has 0 heterocycles. The Labute approximate surface area is 163 Å². The first-order valence-electron chi connectivity index (χ1n) is 9.90. The summed E-state index contributed by atoms with van der Waals surface area (Å²) in [6, 6.07) is -1.07. The van der Waals surface area contributed by atoms with E-state index in [9.17, 15) is 20.0 Å². The van der Waals surface area contributed by atoms with Crippen LogP contribution in [0.25, 0.3) is 0 Å². The third-order valence-corrected chi connectivity index (χ3v) is 4.09. The molecular weight excluding hydrogens is 342 g/mol. The zero-order chi connectivity index (χ0) is 20.2. The number of rotatable bonds is 17. The Morgan fingerprint density at radius 1 is 0.963 bits per heavy atom. The highest BCUT2D eigenvalue weighted by atomic mass is 16.6. The Balaban J connectivity index is 3.88. The van der Waals surface area contributed by atoms with Crippen LogP contribution in [0.3, 0.4) is 0 Å². The zero-order valence-electron chi connectivity index (χ0n) is 16.5. The topological polar surface area (TPSA) is 80.4 Å². The van der Waals surface area contributed by atoms with Crippen molar-refractivity contribution in [2.75, 3.05) is 0 Å². The number of unbranched alkanes of at least 4 members (excludes halogenated alkanes) is 3. The molecule has 27 heavy (non-hydrogen) atoms. The minimum Gasteiger partial charge on any atom is -0.386 e. The van der Waals surface area contributed by atoms with E-state index in [1.54, 1.807) is 12.4 Å². The van der Waals surface area contributed by atoms with Crippen LogP contribution in [0.1, 0.15) is 71.1 Å². The average Bonchev–Trinajstić information content (AvgIpc) is 2.65. The third-order valence-electron chi connectivity index (χ3n) is 4.09. The maximum atomic E-state index is 11.0. The number of nitrogens with zero attached hydrogens (tertiary/aromatic N) is 1. The third kappa shape index (κ3) is 15.9. The van der Waals surface area contributed by atoms with Gasteiger partial charge in [0.1, 0.15) is 6.10 Å². The molecule has 5 nitrogen and oxygen atoms in total. The number of aliphatic hydroxyl groups is 1. The number of aliphatic hydroxyl groups excluding tert-OH is 1. The van der Waals surface area contributed by atoms with E-state index >= 15 is 0 Å². The molecule has 0 aromatic carbocycles. The maximum Gasteiger partial charge on any atom is 0.241 e. The van der Waals surface area contributed by atoms with Crippen LogP contribution in [-0.4, -0.2) is 28.5 Å². The van der Waals surface area contributed by atoms with Crippen molar-refractivity contribution < 1.29 is 14.8 Å². The van der Waals surface area contributed by atoms with Gasteiger partial charge in [-0.3, -0.25) is 14.9 Å². The average molecular weight is 377 g/mol. The van der Waals surface area contributed by atoms with Crippen LogP contribution in [0.4, 0.5) is 0 Å². The molecule has 0 fully saturated rings. The Bertz CT molecular complexity index is 495. The summed E-state index contributed by atoms with van der Waals surface area (Å²) in [6.07, 6.45) is 24.7. The largest absolute Gasteiger partial charge is 0.386 e. The summed E-state index contributed by atoms with van der Waals surface area (Å²) in [7, 11) is 0. The Morgan fingerprint density at radius 3 is 2.04 bits per heavy atom. The van der Waals surface area contributed by atoms with Crippen molar-refractivity contribution in [3.8, 4) is 0 Å². The fraction of sp³-hybridized carbons (Fsp3) is 0.591. The van der Waals surface area contributed by atoms with Crippen LogP contribution in [0, 0.1) is 10.1 Å². The first-order valence-corrected chi connectivity index (χ1v) is 9.90. The molecule has 1 radical (unpaired) electrons. The van der Waals surface area contributed by atoms with Crippen molar-refractivity contribution in [3.05, 3.63) is 58.7 Å². The minimum atomic E-state index is -1.12. The molecule has 2 atom stereocenters. The fourth-order valence-corrected chi connectivity index (χ4v) is 2.46. The summed E-state index contributed by atoms with van der Waals surface area (Å²) < 4.78 is 0. The molecular formula is C22H34NO4. The first kappa shape index (κ1) is 25.0. The normalized spacial score (nSPS) is 14.6. The molecule has 5 heteroatoms. The summed E-state index contributed by atoms with van der Waals surface area (Å²) in [4.78, 5) is 20.7. The molecule has 151 valence electrons. The lowest BCUT2D eigenvalue weighted by Crippen LogP contribution is -2.33. The minimum absolute atomic E-state index is 0.0140. The van der Waals surface area contributed by atoms with Crippen LogP contribution < -0.4 is 0 Å². The van der Waals surface area contributed by atoms with Crippen molar-refractivity contribution in [3.63, 3.8) is 0 Å². The monoisotopic (exact) mass is 376 g/mol. The molecule has 0 aliphatic carbocycles. The number of hydrogen-bond acceptors (Lipinski definition) is 4. The molecule has 0 aromatic heterocycles. The second-order valence-electron chi connectivity index (χ2n) is 6.43. The summed E-state index contributed by atoms with van der Waals surface area (Å²) in [5, 5.41) is 20.7. The predicted molar refractivity (Wildman–Crippen MR) is 111 cm³/mol. The number of nitro groups is 1. The van der Waals surface area contributed by atoms with Gasteiger partial charge in [-0.1, -0.05) is 68.4 Å². The van der Waals surface area contributed by atoms with E-state index in [1.807, 2.05) is 12.2 Å². The van der Waals surface area contributed by atoms with Gasteiger partial charge in [0.15, 0.2) is 6.29 Å². The van der Waals surface area contributed by atoms with Crippen LogP contribution in [0.15, 0.2) is 48.6 Å². The Kier molecular flexibility index (Phi) is 17.4. The Morgan fingerprint density at radius 2 is 1.52 bits per heavy atom. The smallest absolute Gasteiger partial charge is 0.241 e. The molecule has 0 saturated heterocycles. The van der Waals surface area contributed by atoms with Gasteiger partial charge in [-0.15, -0.1) is 0 Å². The molecule has 0 aliphatic heterocycles. The molecule has 0 spiro atoms. The van der Waals surface area contributed by atoms with E-state index in [0.29, 0.717) is 6.42 Å². The predicted octanol–water partition coefficient (Wildman–Crippen LogP) is 5.25. The van der Waals surface area contributed by atoms with Gasteiger partial charge < -0.3 is 5.11 Å².